The number of hydrogen-bond acceptors (Lipinski definition) is 3. The minimum Gasteiger partial charge on any atom is -0.276 e. The second-order valence-corrected chi connectivity index (χ2v) is 5.44. The number of carbonyl (C=O) groups is 1. The average molecular weight is 312 g/mol. The van der Waals surface area contributed by atoms with Crippen LogP contribution in [0.4, 0.5) is 5.82 Å². The van der Waals surface area contributed by atoms with Gasteiger partial charge in [0.1, 0.15) is 0 Å². The van der Waals surface area contributed by atoms with Crippen molar-refractivity contribution in [2.75, 3.05) is 11.7 Å². The molecular weight excluding hydrogens is 288 g/mol. The standard InChI is InChI=1S/C19H24N2O2/c1-3-5-13-23-21(15-22)19-12-11-17(14-20-19)18(4-2)16-9-7-6-8-10-16/h6-12,14-15,18H,3-5,13H2,1-2H3. The van der Waals surface area contributed by atoms with Gasteiger partial charge in [-0.3, -0.25) is 9.63 Å². The van der Waals surface area contributed by atoms with Crippen molar-refractivity contribution in [3.05, 3.63) is 59.8 Å². The summed E-state index contributed by atoms with van der Waals surface area (Å²) in [5, 5.41) is 1.20. The lowest BCUT2D eigenvalue weighted by Crippen LogP contribution is -2.23. The smallest absolute Gasteiger partial charge is 0.239 e. The van der Waals surface area contributed by atoms with Crippen LogP contribution in [0.25, 0.3) is 0 Å². The fourth-order valence-corrected chi connectivity index (χ4v) is 2.54. The SMILES string of the molecule is CCCCON(C=O)c1ccc(C(CC)c2ccccc2)cn1. The number of pyridine rings is 1. The summed E-state index contributed by atoms with van der Waals surface area (Å²) in [6.45, 7) is 4.76. The molecule has 122 valence electrons. The van der Waals surface area contributed by atoms with Gasteiger partial charge in [0.05, 0.1) is 6.61 Å². The molecule has 4 heteroatoms. The van der Waals surface area contributed by atoms with E-state index in [1.807, 2.05) is 24.4 Å². The topological polar surface area (TPSA) is 42.4 Å². The number of hydroxylamine groups is 1. The summed E-state index contributed by atoms with van der Waals surface area (Å²) in [4.78, 5) is 21.0. The van der Waals surface area contributed by atoms with Crippen LogP contribution in [-0.4, -0.2) is 18.0 Å². The molecule has 23 heavy (non-hydrogen) atoms. The highest BCUT2D eigenvalue weighted by molar-refractivity contribution is 5.69. The van der Waals surface area contributed by atoms with Gasteiger partial charge in [-0.2, -0.15) is 5.06 Å². The number of amides is 1. The van der Waals surface area contributed by atoms with Crippen molar-refractivity contribution < 1.29 is 9.63 Å². The third-order valence-corrected chi connectivity index (χ3v) is 3.83. The molecule has 2 rings (SSSR count). The molecule has 1 atom stereocenters. The highest BCUT2D eigenvalue weighted by Crippen LogP contribution is 2.28. The zero-order valence-corrected chi connectivity index (χ0v) is 13.8. The minimum absolute atomic E-state index is 0.309. The third-order valence-electron chi connectivity index (χ3n) is 3.83. The van der Waals surface area contributed by atoms with Crippen molar-refractivity contribution >= 4 is 12.2 Å². The molecule has 0 aliphatic rings. The first-order valence-corrected chi connectivity index (χ1v) is 8.18. The molecule has 0 saturated carbocycles. The van der Waals surface area contributed by atoms with Crippen LogP contribution in [0.2, 0.25) is 0 Å². The molecule has 0 aliphatic heterocycles. The fourth-order valence-electron chi connectivity index (χ4n) is 2.54. The van der Waals surface area contributed by atoms with Gasteiger partial charge < -0.3 is 0 Å². The second kappa shape index (κ2) is 9.06. The van der Waals surface area contributed by atoms with E-state index in [9.17, 15) is 4.79 Å². The number of carbonyl (C=O) groups excluding carboxylic acids is 1. The molecule has 0 fully saturated rings. The fraction of sp³-hybridized carbons (Fsp3) is 0.368. The summed E-state index contributed by atoms with van der Waals surface area (Å²) in [7, 11) is 0. The largest absolute Gasteiger partial charge is 0.276 e. The van der Waals surface area contributed by atoms with Crippen LogP contribution in [0.15, 0.2) is 48.7 Å². The van der Waals surface area contributed by atoms with Gasteiger partial charge in [-0.05, 0) is 30.0 Å². The van der Waals surface area contributed by atoms with Crippen LogP contribution in [0.5, 0.6) is 0 Å². The number of benzene rings is 1. The van der Waals surface area contributed by atoms with Crippen LogP contribution >= 0.6 is 0 Å². The van der Waals surface area contributed by atoms with Gasteiger partial charge >= 0.3 is 0 Å². The Hall–Kier alpha value is -2.20. The zero-order valence-electron chi connectivity index (χ0n) is 13.8. The van der Waals surface area contributed by atoms with Crippen molar-refractivity contribution in [1.82, 2.24) is 4.98 Å². The normalized spacial score (nSPS) is 11.9. The van der Waals surface area contributed by atoms with Gasteiger partial charge in [-0.1, -0.05) is 56.7 Å². The quantitative estimate of drug-likeness (QED) is 0.393. The first kappa shape index (κ1) is 17.2. The number of rotatable bonds is 9. The number of hydrogen-bond donors (Lipinski definition) is 0. The van der Waals surface area contributed by atoms with Gasteiger partial charge in [0, 0.05) is 12.1 Å². The Morgan fingerprint density at radius 3 is 2.48 bits per heavy atom. The predicted octanol–water partition coefficient (Wildman–Crippen LogP) is 4.32. The Balaban J connectivity index is 2.12. The van der Waals surface area contributed by atoms with Crippen molar-refractivity contribution in [2.45, 2.75) is 39.0 Å². The molecule has 0 N–H and O–H groups in total. The first-order valence-electron chi connectivity index (χ1n) is 8.18. The predicted molar refractivity (Wildman–Crippen MR) is 92.2 cm³/mol. The first-order chi connectivity index (χ1) is 11.3. The van der Waals surface area contributed by atoms with E-state index < -0.39 is 0 Å². The molecule has 0 radical (unpaired) electrons. The van der Waals surface area contributed by atoms with Crippen molar-refractivity contribution in [3.63, 3.8) is 0 Å². The summed E-state index contributed by atoms with van der Waals surface area (Å²) in [6.07, 6.45) is 5.42. The minimum atomic E-state index is 0.309. The van der Waals surface area contributed by atoms with Crippen LogP contribution in [0.3, 0.4) is 0 Å². The third kappa shape index (κ3) is 4.63. The summed E-state index contributed by atoms with van der Waals surface area (Å²) >= 11 is 0. The molecule has 0 saturated heterocycles. The summed E-state index contributed by atoms with van der Waals surface area (Å²) in [6, 6.07) is 14.2. The van der Waals surface area contributed by atoms with Gasteiger partial charge in [0.2, 0.25) is 6.41 Å². The summed E-state index contributed by atoms with van der Waals surface area (Å²) in [5.41, 5.74) is 2.41. The molecule has 1 aromatic heterocycles. The maximum atomic E-state index is 11.2. The van der Waals surface area contributed by atoms with Crippen molar-refractivity contribution in [1.29, 1.82) is 0 Å². The summed E-state index contributed by atoms with van der Waals surface area (Å²) < 4.78 is 0. The lowest BCUT2D eigenvalue weighted by Gasteiger charge is -2.18. The van der Waals surface area contributed by atoms with Crippen LogP contribution in [0.1, 0.15) is 50.2 Å². The number of aromatic nitrogens is 1. The Morgan fingerprint density at radius 2 is 1.91 bits per heavy atom. The molecule has 1 amide bonds. The molecule has 1 unspecified atom stereocenters. The number of anilines is 1. The van der Waals surface area contributed by atoms with E-state index in [1.54, 1.807) is 0 Å². The van der Waals surface area contributed by atoms with E-state index in [-0.39, 0.29) is 0 Å². The second-order valence-electron chi connectivity index (χ2n) is 5.44. The average Bonchev–Trinajstić information content (AvgIpc) is 2.61. The van der Waals surface area contributed by atoms with Crippen molar-refractivity contribution in [3.8, 4) is 0 Å². The van der Waals surface area contributed by atoms with E-state index in [4.69, 9.17) is 4.84 Å². The Labute approximate surface area is 138 Å². The molecule has 0 spiro atoms. The van der Waals surface area contributed by atoms with E-state index in [1.165, 1.54) is 10.6 Å². The van der Waals surface area contributed by atoms with Gasteiger partial charge in [0.15, 0.2) is 5.82 Å². The monoisotopic (exact) mass is 312 g/mol. The van der Waals surface area contributed by atoms with Gasteiger partial charge in [0.25, 0.3) is 0 Å². The van der Waals surface area contributed by atoms with Gasteiger partial charge in [-0.25, -0.2) is 4.98 Å². The number of unbranched alkanes of at least 4 members (excludes halogenated alkanes) is 1. The van der Waals surface area contributed by atoms with Gasteiger partial charge in [-0.15, -0.1) is 0 Å². The molecular formula is C19H24N2O2. The molecule has 4 nitrogen and oxygen atoms in total. The molecule has 2 aromatic rings. The Bertz CT molecular complexity index is 584. The Kier molecular flexibility index (Phi) is 6.76. The molecule has 0 bridgehead atoms. The summed E-state index contributed by atoms with van der Waals surface area (Å²) in [5.74, 6) is 0.825. The lowest BCUT2D eigenvalue weighted by atomic mass is 9.90. The highest BCUT2D eigenvalue weighted by atomic mass is 16.7. The Morgan fingerprint density at radius 1 is 1.13 bits per heavy atom. The lowest BCUT2D eigenvalue weighted by molar-refractivity contribution is -0.114. The van der Waals surface area contributed by atoms with Crippen LogP contribution < -0.4 is 5.06 Å². The van der Waals surface area contributed by atoms with E-state index in [0.29, 0.717) is 24.8 Å². The molecule has 1 heterocycles. The van der Waals surface area contributed by atoms with Crippen LogP contribution in [0, 0.1) is 0 Å². The maximum Gasteiger partial charge on any atom is 0.239 e. The zero-order chi connectivity index (χ0) is 16.5. The van der Waals surface area contributed by atoms with E-state index >= 15 is 0 Å². The highest BCUT2D eigenvalue weighted by Gasteiger charge is 2.14. The van der Waals surface area contributed by atoms with Crippen LogP contribution in [-0.2, 0) is 9.63 Å². The van der Waals surface area contributed by atoms with E-state index in [2.05, 4.69) is 43.1 Å². The number of nitrogens with zero attached hydrogens (tertiary/aromatic N) is 2. The maximum absolute atomic E-state index is 11.2. The van der Waals surface area contributed by atoms with Crippen molar-refractivity contribution in [2.24, 2.45) is 0 Å². The van der Waals surface area contributed by atoms with E-state index in [0.717, 1.165) is 24.8 Å². The molecule has 1 aromatic carbocycles. The molecule has 0 aliphatic carbocycles.